The third-order valence-electron chi connectivity index (χ3n) is 31.1. The van der Waals surface area contributed by atoms with Crippen LogP contribution in [-0.4, -0.2) is 438 Å². The summed E-state index contributed by atoms with van der Waals surface area (Å²) in [6.45, 7) is 15.7. The van der Waals surface area contributed by atoms with E-state index in [0.29, 0.717) is 51.4 Å². The molecule has 0 aromatic heterocycles. The molecule has 5 aliphatic carbocycles. The Morgan fingerprint density at radius 3 is 1.42 bits per heavy atom. The molecule has 14 aliphatic rings. The fourth-order valence-corrected chi connectivity index (χ4v) is 23.0. The molecule has 43 nitrogen and oxygen atoms in total. The predicted molar refractivity (Wildman–Crippen MR) is 410 cm³/mol. The third kappa shape index (κ3) is 18.0. The van der Waals surface area contributed by atoms with Crippen LogP contribution in [0.1, 0.15) is 133 Å². The van der Waals surface area contributed by atoms with Crippen LogP contribution in [0.25, 0.3) is 0 Å². The number of ether oxygens (including phenoxy) is 18. The second kappa shape index (κ2) is 38.0. The first kappa shape index (κ1) is 98.6. The van der Waals surface area contributed by atoms with E-state index in [1.807, 2.05) is 0 Å². The molecule has 24 N–H and O–H groups in total. The summed E-state index contributed by atoms with van der Waals surface area (Å²) in [5.41, 5.74) is -1.87. The van der Waals surface area contributed by atoms with Crippen molar-refractivity contribution in [2.45, 2.75) is 404 Å². The fraction of sp³-hybridized carbons (Fsp3) is 0.963. The first-order valence-electron chi connectivity index (χ1n) is 43.8. The van der Waals surface area contributed by atoms with E-state index in [-0.39, 0.29) is 40.6 Å². The van der Waals surface area contributed by atoms with Gasteiger partial charge in [-0.3, -0.25) is 4.79 Å². The molecule has 0 bridgehead atoms. The Morgan fingerprint density at radius 2 is 0.832 bits per heavy atom. The Balaban J connectivity index is 0.590. The first-order chi connectivity index (χ1) is 58.7. The maximum atomic E-state index is 15.4. The maximum absolute atomic E-state index is 15.4. The average Bonchev–Trinajstić information content (AvgIpc) is 0.673. The molecular weight excluding hydrogens is 1670 g/mol. The van der Waals surface area contributed by atoms with E-state index in [1.165, 1.54) is 20.8 Å². The molecule has 51 atom stereocenters. The second-order valence-electron chi connectivity index (χ2n) is 39.4. The van der Waals surface area contributed by atoms with Gasteiger partial charge in [0.1, 0.15) is 189 Å². The van der Waals surface area contributed by atoms with Gasteiger partial charge in [0.15, 0.2) is 50.3 Å². The molecule has 44 unspecified atom stereocenters. The number of allylic oxidation sites excluding steroid dienone is 2. The second-order valence-corrected chi connectivity index (χ2v) is 39.4. The molecule has 9 saturated heterocycles. The van der Waals surface area contributed by atoms with Gasteiger partial charge in [-0.2, -0.15) is 0 Å². The molecule has 125 heavy (non-hydrogen) atoms. The number of aliphatic hydroxyl groups excluding tert-OH is 24. The van der Waals surface area contributed by atoms with Crippen molar-refractivity contribution in [1.29, 1.82) is 0 Å². The lowest BCUT2D eigenvalue weighted by atomic mass is 9.33. The zero-order chi connectivity index (χ0) is 91.0. The van der Waals surface area contributed by atoms with Crippen LogP contribution in [0.5, 0.6) is 0 Å². The van der Waals surface area contributed by atoms with E-state index in [0.717, 1.165) is 18.4 Å². The van der Waals surface area contributed by atoms with Crippen molar-refractivity contribution < 1.29 is 213 Å². The fourth-order valence-electron chi connectivity index (χ4n) is 23.0. The highest BCUT2D eigenvalue weighted by Gasteiger charge is 2.71. The standard InChI is InChI=1S/C82H134O43/c1-28-42(86)49(93)56(100)67(112-28)109-25-36-46(90)51(95)58(102)72(118-36)122-64-35(23-84)116-71(61(105)54(64)98)117-38-27-111-69(55(99)48(38)92)123-65-44(88)30(3)114-74(62(65)106)124-66-45(89)33(85)24-108-75(66)120-41-14-15-79(8)39(78(41,6)7)13-16-81(10)40(79)12-11-31-32-21-77(4,5)17-19-82(32,20-18-80(31,81)9)76(107)125-73-59(103)52(96)47(91)37(119-73)26-110-68-60(104)53(97)63(34(22-83)115-68)121-70-57(101)50(94)43(87)29(2)113-70/h11,28-30,32-75,83-106H,12-27H2,1-10H3/t28?,29?,30?,32-,33?,34?,35?,36?,37?,38?,39-,40+,41?,42?,43?,44?,45?,46?,47?,48?,49?,50?,51?,52?,53?,54?,55?,56?,57?,58?,59?,60?,61?,62?,63?,64?,65?,66?,67?,68?,69?,70?,71?,72?,73?,74?,75?,79-,80+,81+,82-/m0/s1. The van der Waals surface area contributed by atoms with Crippen LogP contribution in [0.4, 0.5) is 0 Å². The van der Waals surface area contributed by atoms with E-state index >= 15 is 4.79 Å². The molecule has 14 rings (SSSR count). The van der Waals surface area contributed by atoms with Gasteiger partial charge in [-0.1, -0.05) is 60.1 Å². The monoisotopic (exact) mass is 1810 g/mol. The van der Waals surface area contributed by atoms with Crippen LogP contribution < -0.4 is 0 Å². The first-order valence-corrected chi connectivity index (χ1v) is 43.8. The maximum Gasteiger partial charge on any atom is 0.315 e. The van der Waals surface area contributed by atoms with E-state index in [9.17, 15) is 123 Å². The molecule has 0 spiro atoms. The van der Waals surface area contributed by atoms with Crippen LogP contribution in [0.3, 0.4) is 0 Å². The topological polar surface area (TPSA) is 669 Å². The predicted octanol–water partition coefficient (Wildman–Crippen LogP) is -8.55. The molecule has 9 heterocycles. The number of aliphatic hydroxyl groups is 24. The number of esters is 1. The number of rotatable bonds is 22. The van der Waals surface area contributed by atoms with Crippen LogP contribution in [-0.2, 0) is 90.1 Å². The number of carbonyl (C=O) groups excluding carboxylic acids is 1. The molecule has 43 heteroatoms. The summed E-state index contributed by atoms with van der Waals surface area (Å²) in [5.74, 6) is -0.851. The highest BCUT2D eigenvalue weighted by atomic mass is 16.8. The van der Waals surface area contributed by atoms with Gasteiger partial charge < -0.3 is 208 Å². The van der Waals surface area contributed by atoms with Crippen LogP contribution in [0.2, 0.25) is 0 Å². The summed E-state index contributed by atoms with van der Waals surface area (Å²) in [5, 5.41) is 264. The Morgan fingerprint density at radius 1 is 0.384 bits per heavy atom. The normalized spacial score (nSPS) is 54.9. The quantitative estimate of drug-likeness (QED) is 0.0272. The molecule has 0 radical (unpaired) electrons. The third-order valence-corrected chi connectivity index (χ3v) is 31.1. The van der Waals surface area contributed by atoms with Crippen molar-refractivity contribution in [1.82, 2.24) is 0 Å². The average molecular weight is 1810 g/mol. The summed E-state index contributed by atoms with van der Waals surface area (Å²) in [6.07, 6.45) is -65.8. The molecule has 13 fully saturated rings. The van der Waals surface area contributed by atoms with Crippen LogP contribution >= 0.6 is 0 Å². The number of hydrogen-bond donors (Lipinski definition) is 24. The van der Waals surface area contributed by atoms with Gasteiger partial charge in [0.25, 0.3) is 0 Å². The van der Waals surface area contributed by atoms with E-state index in [2.05, 4.69) is 54.5 Å². The summed E-state index contributed by atoms with van der Waals surface area (Å²) >= 11 is 0. The molecule has 720 valence electrons. The van der Waals surface area contributed by atoms with Gasteiger partial charge in [0.2, 0.25) is 6.29 Å². The highest BCUT2D eigenvalue weighted by Crippen LogP contribution is 2.76. The van der Waals surface area contributed by atoms with Crippen molar-refractivity contribution in [2.24, 2.45) is 50.2 Å². The Bertz CT molecular complexity index is 3610. The smallest absolute Gasteiger partial charge is 0.315 e. The Hall–Kier alpha value is -2.43. The van der Waals surface area contributed by atoms with Crippen molar-refractivity contribution in [2.75, 3.05) is 39.6 Å². The van der Waals surface area contributed by atoms with E-state index in [1.54, 1.807) is 0 Å². The van der Waals surface area contributed by atoms with Gasteiger partial charge in [-0.15, -0.1) is 0 Å². The minimum Gasteiger partial charge on any atom is -0.432 e. The van der Waals surface area contributed by atoms with Gasteiger partial charge in [0.05, 0.1) is 69.5 Å². The van der Waals surface area contributed by atoms with Gasteiger partial charge in [-0.25, -0.2) is 0 Å². The van der Waals surface area contributed by atoms with Crippen molar-refractivity contribution in [3.8, 4) is 0 Å². The number of carbonyl (C=O) groups is 1. The van der Waals surface area contributed by atoms with Crippen LogP contribution in [0, 0.1) is 50.2 Å². The lowest BCUT2D eigenvalue weighted by Gasteiger charge is -2.71. The minimum atomic E-state index is -2.09. The summed E-state index contributed by atoms with van der Waals surface area (Å²) in [7, 11) is 0. The lowest BCUT2D eigenvalue weighted by molar-refractivity contribution is -0.387. The zero-order valence-corrected chi connectivity index (χ0v) is 71.5. The molecule has 9 aliphatic heterocycles. The largest absolute Gasteiger partial charge is 0.432 e. The van der Waals surface area contributed by atoms with Crippen molar-refractivity contribution in [3.05, 3.63) is 11.6 Å². The zero-order valence-electron chi connectivity index (χ0n) is 71.5. The van der Waals surface area contributed by atoms with Gasteiger partial charge in [-0.05, 0) is 130 Å². The minimum absolute atomic E-state index is 0.0268. The van der Waals surface area contributed by atoms with Crippen molar-refractivity contribution in [3.63, 3.8) is 0 Å². The lowest BCUT2D eigenvalue weighted by Crippen LogP contribution is -2.67. The Labute approximate surface area is 721 Å². The van der Waals surface area contributed by atoms with Gasteiger partial charge >= 0.3 is 5.97 Å². The SMILES string of the molecule is CC1OC(OCC2OC(OC3C(CO)OC(OC4COC(OC5C(O)C(C)OC(OC6C(OC7CC[C@]8(C)[C@H]9CC=C%10[C@@H]%11CC(C)(C)CC[C@]%11(C(=O)OC%11OC(COC%12OC(CO)C(OC%13OC(C)C(O)C(O)C%13O)C(O)C%12O)C(O)C(O)C%11O)CC[C@@]%10(C)[C@]9(C)CC[C@H]8C7(C)C)OCC(O)C6O)C5O)C(O)C4O)C(O)C3O)C(O)C(O)C2O)C(O)C(O)C1O. The Kier molecular flexibility index (Phi) is 30.0. The molecular formula is C82H134O43. The van der Waals surface area contributed by atoms with Crippen molar-refractivity contribution >= 4 is 5.97 Å². The number of hydrogen-bond acceptors (Lipinski definition) is 43. The molecule has 0 amide bonds. The summed E-state index contributed by atoms with van der Waals surface area (Å²) < 4.78 is 106. The highest BCUT2D eigenvalue weighted by molar-refractivity contribution is 5.79. The molecule has 0 aromatic rings. The summed E-state index contributed by atoms with van der Waals surface area (Å²) in [6, 6.07) is 0. The van der Waals surface area contributed by atoms with Crippen LogP contribution in [0.15, 0.2) is 11.6 Å². The van der Waals surface area contributed by atoms with E-state index in [4.69, 9.17) is 85.3 Å². The van der Waals surface area contributed by atoms with E-state index < -0.39 is 325 Å². The number of fused-ring (bicyclic) bond motifs is 7. The molecule has 4 saturated carbocycles. The summed E-state index contributed by atoms with van der Waals surface area (Å²) in [4.78, 5) is 15.4. The molecule has 0 aromatic carbocycles. The van der Waals surface area contributed by atoms with Gasteiger partial charge in [0, 0.05) is 0 Å².